The largest absolute Gasteiger partial charge is 0.447 e. The molecule has 1 amide bonds. The van der Waals surface area contributed by atoms with E-state index in [9.17, 15) is 4.79 Å². The molecule has 2 atom stereocenters. The predicted molar refractivity (Wildman–Crippen MR) is 78.0 cm³/mol. The van der Waals surface area contributed by atoms with Crippen LogP contribution in [0.3, 0.4) is 0 Å². The number of hydrogen-bond acceptors (Lipinski definition) is 3. The van der Waals surface area contributed by atoms with Crippen LogP contribution in [0.5, 0.6) is 0 Å². The second-order valence-corrected chi connectivity index (χ2v) is 6.21. The Labute approximate surface area is 117 Å². The van der Waals surface area contributed by atoms with Crippen LogP contribution in [0.2, 0.25) is 0 Å². The van der Waals surface area contributed by atoms with E-state index in [1.165, 1.54) is 6.42 Å². The molecule has 1 saturated carbocycles. The maximum absolute atomic E-state index is 12.4. The number of ether oxygens (including phenoxy) is 1. The van der Waals surface area contributed by atoms with Gasteiger partial charge in [-0.15, -0.1) is 0 Å². The Kier molecular flexibility index (Phi) is 6.11. The highest BCUT2D eigenvalue weighted by molar-refractivity contribution is 5.69. The van der Waals surface area contributed by atoms with Crippen molar-refractivity contribution in [3.8, 4) is 0 Å². The van der Waals surface area contributed by atoms with E-state index in [1.54, 1.807) is 0 Å². The lowest BCUT2D eigenvalue weighted by molar-refractivity contribution is 0.0115. The lowest BCUT2D eigenvalue weighted by Gasteiger charge is -2.47. The lowest BCUT2D eigenvalue weighted by atomic mass is 9.75. The SMILES string of the molecule is CCCN(C(=O)OC(C)C)C1(CN)CCCC(C)C1. The van der Waals surface area contributed by atoms with Gasteiger partial charge in [-0.25, -0.2) is 4.79 Å². The first-order chi connectivity index (χ1) is 8.95. The first kappa shape index (κ1) is 16.3. The van der Waals surface area contributed by atoms with E-state index in [1.807, 2.05) is 18.7 Å². The third-order valence-corrected chi connectivity index (χ3v) is 4.02. The monoisotopic (exact) mass is 270 g/mol. The van der Waals surface area contributed by atoms with Crippen molar-refractivity contribution in [2.24, 2.45) is 11.7 Å². The lowest BCUT2D eigenvalue weighted by Crippen LogP contribution is -2.58. The third kappa shape index (κ3) is 4.10. The molecule has 1 aliphatic rings. The van der Waals surface area contributed by atoms with Crippen LogP contribution in [0, 0.1) is 5.92 Å². The van der Waals surface area contributed by atoms with Crippen molar-refractivity contribution in [3.63, 3.8) is 0 Å². The Morgan fingerprint density at radius 3 is 2.68 bits per heavy atom. The summed E-state index contributed by atoms with van der Waals surface area (Å²) in [5.74, 6) is 0.628. The van der Waals surface area contributed by atoms with Crippen LogP contribution in [0.15, 0.2) is 0 Å². The molecule has 0 aromatic heterocycles. The smallest absolute Gasteiger partial charge is 0.410 e. The minimum atomic E-state index is -0.198. The van der Waals surface area contributed by atoms with Gasteiger partial charge in [0, 0.05) is 13.1 Å². The van der Waals surface area contributed by atoms with Crippen LogP contribution in [0.4, 0.5) is 4.79 Å². The minimum absolute atomic E-state index is 0.0808. The summed E-state index contributed by atoms with van der Waals surface area (Å²) in [5.41, 5.74) is 5.86. The van der Waals surface area contributed by atoms with E-state index in [0.29, 0.717) is 12.5 Å². The second-order valence-electron chi connectivity index (χ2n) is 6.21. The summed E-state index contributed by atoms with van der Waals surface area (Å²) in [5, 5.41) is 0. The first-order valence-electron chi connectivity index (χ1n) is 7.63. The van der Waals surface area contributed by atoms with E-state index in [2.05, 4.69) is 13.8 Å². The van der Waals surface area contributed by atoms with Crippen molar-refractivity contribution in [3.05, 3.63) is 0 Å². The Balaban J connectivity index is 2.89. The maximum Gasteiger partial charge on any atom is 0.410 e. The Hall–Kier alpha value is -0.770. The number of carbonyl (C=O) groups excluding carboxylic acids is 1. The molecule has 0 spiro atoms. The molecular weight excluding hydrogens is 240 g/mol. The molecule has 4 heteroatoms. The number of carbonyl (C=O) groups is 1. The van der Waals surface area contributed by atoms with Crippen LogP contribution < -0.4 is 5.73 Å². The summed E-state index contributed by atoms with van der Waals surface area (Å²) in [7, 11) is 0. The molecule has 2 unspecified atom stereocenters. The molecule has 2 N–H and O–H groups in total. The summed E-state index contributed by atoms with van der Waals surface area (Å²) in [6.07, 6.45) is 5.04. The average molecular weight is 270 g/mol. The van der Waals surface area contributed by atoms with Gasteiger partial charge in [-0.2, -0.15) is 0 Å². The van der Waals surface area contributed by atoms with Gasteiger partial charge in [0.2, 0.25) is 0 Å². The van der Waals surface area contributed by atoms with Crippen LogP contribution in [0.25, 0.3) is 0 Å². The summed E-state index contributed by atoms with van der Waals surface area (Å²) in [6.45, 7) is 9.38. The van der Waals surface area contributed by atoms with E-state index in [-0.39, 0.29) is 17.7 Å². The van der Waals surface area contributed by atoms with Gasteiger partial charge in [0.1, 0.15) is 0 Å². The van der Waals surface area contributed by atoms with E-state index in [4.69, 9.17) is 10.5 Å². The standard InChI is InChI=1S/C15H30N2O2/c1-5-9-17(14(18)19-12(2)3)15(11-16)8-6-7-13(4)10-15/h12-13H,5-11,16H2,1-4H3. The predicted octanol–water partition coefficient (Wildman–Crippen LogP) is 3.15. The summed E-state index contributed by atoms with van der Waals surface area (Å²) in [6, 6.07) is 0. The van der Waals surface area contributed by atoms with Gasteiger partial charge >= 0.3 is 6.09 Å². The zero-order valence-electron chi connectivity index (χ0n) is 12.9. The van der Waals surface area contributed by atoms with Crippen molar-refractivity contribution in [2.45, 2.75) is 71.4 Å². The van der Waals surface area contributed by atoms with Crippen molar-refractivity contribution in [1.82, 2.24) is 4.90 Å². The van der Waals surface area contributed by atoms with Gasteiger partial charge in [-0.1, -0.05) is 26.7 Å². The molecule has 1 fully saturated rings. The second kappa shape index (κ2) is 7.13. The zero-order valence-corrected chi connectivity index (χ0v) is 12.9. The molecule has 0 saturated heterocycles. The molecular formula is C15H30N2O2. The molecule has 0 radical (unpaired) electrons. The zero-order chi connectivity index (χ0) is 14.5. The molecule has 1 rings (SSSR count). The number of nitrogens with zero attached hydrogens (tertiary/aromatic N) is 1. The highest BCUT2D eigenvalue weighted by Crippen LogP contribution is 2.36. The molecule has 0 heterocycles. The van der Waals surface area contributed by atoms with E-state index >= 15 is 0 Å². The molecule has 0 aromatic rings. The van der Waals surface area contributed by atoms with Crippen LogP contribution >= 0.6 is 0 Å². The Morgan fingerprint density at radius 2 is 2.21 bits per heavy atom. The molecule has 0 aliphatic heterocycles. The summed E-state index contributed by atoms with van der Waals surface area (Å²) in [4.78, 5) is 14.3. The van der Waals surface area contributed by atoms with E-state index < -0.39 is 0 Å². The molecule has 112 valence electrons. The molecule has 19 heavy (non-hydrogen) atoms. The highest BCUT2D eigenvalue weighted by Gasteiger charge is 2.42. The first-order valence-corrected chi connectivity index (χ1v) is 7.63. The van der Waals surface area contributed by atoms with Gasteiger partial charge in [0.15, 0.2) is 0 Å². The maximum atomic E-state index is 12.4. The van der Waals surface area contributed by atoms with Crippen LogP contribution in [0.1, 0.15) is 59.8 Å². The summed E-state index contributed by atoms with van der Waals surface area (Å²) >= 11 is 0. The van der Waals surface area contributed by atoms with Crippen molar-refractivity contribution in [1.29, 1.82) is 0 Å². The molecule has 0 aromatic carbocycles. The Bertz CT molecular complexity index is 294. The van der Waals surface area contributed by atoms with Gasteiger partial charge in [0.25, 0.3) is 0 Å². The van der Waals surface area contributed by atoms with Gasteiger partial charge in [0.05, 0.1) is 11.6 Å². The van der Waals surface area contributed by atoms with Crippen LogP contribution in [-0.4, -0.2) is 35.7 Å². The molecule has 0 bridgehead atoms. The fraction of sp³-hybridized carbons (Fsp3) is 0.933. The van der Waals surface area contributed by atoms with Crippen molar-refractivity contribution in [2.75, 3.05) is 13.1 Å². The van der Waals surface area contributed by atoms with Gasteiger partial charge < -0.3 is 15.4 Å². The van der Waals surface area contributed by atoms with Crippen LogP contribution in [-0.2, 0) is 4.74 Å². The normalized spacial score (nSPS) is 27.4. The molecule has 4 nitrogen and oxygen atoms in total. The number of hydrogen-bond donors (Lipinski definition) is 1. The number of rotatable bonds is 5. The highest BCUT2D eigenvalue weighted by atomic mass is 16.6. The number of amides is 1. The van der Waals surface area contributed by atoms with Gasteiger partial charge in [-0.3, -0.25) is 0 Å². The summed E-state index contributed by atoms with van der Waals surface area (Å²) < 4.78 is 5.41. The number of nitrogens with two attached hydrogens (primary N) is 1. The fourth-order valence-corrected chi connectivity index (χ4v) is 3.18. The minimum Gasteiger partial charge on any atom is -0.447 e. The third-order valence-electron chi connectivity index (χ3n) is 4.02. The van der Waals surface area contributed by atoms with Crippen molar-refractivity contribution >= 4 is 6.09 Å². The van der Waals surface area contributed by atoms with E-state index in [0.717, 1.165) is 32.2 Å². The Morgan fingerprint density at radius 1 is 1.53 bits per heavy atom. The van der Waals surface area contributed by atoms with Gasteiger partial charge in [-0.05, 0) is 39.0 Å². The molecule has 1 aliphatic carbocycles. The topological polar surface area (TPSA) is 55.6 Å². The van der Waals surface area contributed by atoms with Crippen molar-refractivity contribution < 1.29 is 9.53 Å². The average Bonchev–Trinajstić information content (AvgIpc) is 2.34. The fourth-order valence-electron chi connectivity index (χ4n) is 3.18. The quantitative estimate of drug-likeness (QED) is 0.835.